The summed E-state index contributed by atoms with van der Waals surface area (Å²) in [7, 11) is 1.84. The predicted molar refractivity (Wildman–Crippen MR) is 91.9 cm³/mol. The molecule has 0 saturated carbocycles. The molecule has 0 radical (unpaired) electrons. The molecule has 3 heterocycles. The molecule has 1 N–H and O–H groups in total. The number of fused-ring (bicyclic) bond motifs is 1. The van der Waals surface area contributed by atoms with Gasteiger partial charge in [-0.25, -0.2) is 4.98 Å². The highest BCUT2D eigenvalue weighted by molar-refractivity contribution is 6.06. The van der Waals surface area contributed by atoms with E-state index < -0.39 is 0 Å². The maximum absolute atomic E-state index is 12.7. The van der Waals surface area contributed by atoms with E-state index in [0.717, 1.165) is 41.0 Å². The number of hydrogen-bond acceptors (Lipinski definition) is 4. The number of carbonyl (C=O) groups is 1. The van der Waals surface area contributed by atoms with Crippen LogP contribution in [0, 0.1) is 13.8 Å². The third-order valence-electron chi connectivity index (χ3n) is 4.12. The molecule has 3 aromatic heterocycles. The molecule has 6 heteroatoms. The van der Waals surface area contributed by atoms with Crippen molar-refractivity contribution in [3.05, 3.63) is 47.2 Å². The number of carbonyl (C=O) groups excluding carboxylic acids is 1. The van der Waals surface area contributed by atoms with Gasteiger partial charge >= 0.3 is 0 Å². The molecule has 0 unspecified atom stereocenters. The van der Waals surface area contributed by atoms with Crippen molar-refractivity contribution in [3.8, 4) is 0 Å². The van der Waals surface area contributed by atoms with E-state index in [1.165, 1.54) is 0 Å². The van der Waals surface area contributed by atoms with Gasteiger partial charge in [0.15, 0.2) is 5.65 Å². The lowest BCUT2D eigenvalue weighted by molar-refractivity contribution is 0.0939. The smallest absolute Gasteiger partial charge is 0.252 e. The van der Waals surface area contributed by atoms with Crippen molar-refractivity contribution < 1.29 is 9.21 Å². The fraction of sp³-hybridized carbons (Fsp3) is 0.389. The molecule has 3 rings (SSSR count). The third kappa shape index (κ3) is 3.18. The minimum Gasteiger partial charge on any atom is -0.469 e. The molecule has 6 nitrogen and oxygen atoms in total. The van der Waals surface area contributed by atoms with E-state index in [1.807, 2.05) is 46.0 Å². The minimum atomic E-state index is -0.0893. The summed E-state index contributed by atoms with van der Waals surface area (Å²) in [5, 5.41) is 8.27. The average Bonchev–Trinajstić information content (AvgIpc) is 3.13. The number of aromatic nitrogens is 3. The maximum atomic E-state index is 12.7. The highest BCUT2D eigenvalue weighted by Gasteiger charge is 2.19. The van der Waals surface area contributed by atoms with Gasteiger partial charge in [-0.05, 0) is 45.4 Å². The van der Waals surface area contributed by atoms with Crippen LogP contribution in [0.25, 0.3) is 11.0 Å². The van der Waals surface area contributed by atoms with Crippen molar-refractivity contribution in [1.29, 1.82) is 0 Å². The summed E-state index contributed by atoms with van der Waals surface area (Å²) in [6.07, 6.45) is 3.28. The molecule has 1 atom stereocenters. The van der Waals surface area contributed by atoms with Crippen LogP contribution in [-0.2, 0) is 13.5 Å². The van der Waals surface area contributed by atoms with Crippen LogP contribution in [0.3, 0.4) is 0 Å². The Morgan fingerprint density at radius 3 is 2.92 bits per heavy atom. The van der Waals surface area contributed by atoms with Gasteiger partial charge in [-0.15, -0.1) is 0 Å². The highest BCUT2D eigenvalue weighted by atomic mass is 16.3. The summed E-state index contributed by atoms with van der Waals surface area (Å²) in [4.78, 5) is 17.2. The number of pyridine rings is 1. The minimum absolute atomic E-state index is 0.0445. The monoisotopic (exact) mass is 326 g/mol. The van der Waals surface area contributed by atoms with Crippen molar-refractivity contribution in [3.63, 3.8) is 0 Å². The zero-order chi connectivity index (χ0) is 17.3. The molecule has 0 aliphatic rings. The molecular formula is C18H22N4O2. The first-order chi connectivity index (χ1) is 11.5. The van der Waals surface area contributed by atoms with Crippen molar-refractivity contribution in [1.82, 2.24) is 20.1 Å². The second kappa shape index (κ2) is 6.47. The Balaban J connectivity index is 1.78. The number of amides is 1. The number of aryl methyl sites for hydroxylation is 4. The zero-order valence-corrected chi connectivity index (χ0v) is 14.5. The Morgan fingerprint density at radius 1 is 1.42 bits per heavy atom. The highest BCUT2D eigenvalue weighted by Crippen LogP contribution is 2.21. The van der Waals surface area contributed by atoms with Crippen LogP contribution in [0.5, 0.6) is 0 Å². The van der Waals surface area contributed by atoms with Crippen molar-refractivity contribution >= 4 is 16.9 Å². The number of hydrogen-bond donors (Lipinski definition) is 1. The zero-order valence-electron chi connectivity index (χ0n) is 14.5. The molecule has 0 spiro atoms. The van der Waals surface area contributed by atoms with Crippen LogP contribution in [-0.4, -0.2) is 26.7 Å². The lowest BCUT2D eigenvalue weighted by Crippen LogP contribution is -2.33. The van der Waals surface area contributed by atoms with E-state index in [0.29, 0.717) is 5.56 Å². The first-order valence-electron chi connectivity index (χ1n) is 8.10. The molecule has 0 aliphatic heterocycles. The topological polar surface area (TPSA) is 73.0 Å². The normalized spacial score (nSPS) is 12.5. The van der Waals surface area contributed by atoms with Crippen LogP contribution in [0.1, 0.15) is 40.9 Å². The lowest BCUT2D eigenvalue weighted by atomic mass is 10.1. The van der Waals surface area contributed by atoms with Crippen molar-refractivity contribution in [2.24, 2.45) is 7.05 Å². The molecule has 3 aromatic rings. The molecule has 0 aliphatic carbocycles. The summed E-state index contributed by atoms with van der Waals surface area (Å²) in [5.41, 5.74) is 2.99. The van der Waals surface area contributed by atoms with Crippen LogP contribution < -0.4 is 5.32 Å². The summed E-state index contributed by atoms with van der Waals surface area (Å²) in [6.45, 7) is 5.79. The van der Waals surface area contributed by atoms with Crippen LogP contribution >= 0.6 is 0 Å². The summed E-state index contributed by atoms with van der Waals surface area (Å²) >= 11 is 0. The van der Waals surface area contributed by atoms with Crippen LogP contribution in [0.15, 0.2) is 28.9 Å². The van der Waals surface area contributed by atoms with E-state index in [2.05, 4.69) is 15.4 Å². The fourth-order valence-electron chi connectivity index (χ4n) is 2.94. The Labute approximate surface area is 140 Å². The second-order valence-electron chi connectivity index (χ2n) is 6.21. The first-order valence-corrected chi connectivity index (χ1v) is 8.10. The van der Waals surface area contributed by atoms with Gasteiger partial charge in [-0.2, -0.15) is 5.10 Å². The Kier molecular flexibility index (Phi) is 4.38. The van der Waals surface area contributed by atoms with Gasteiger partial charge in [-0.3, -0.25) is 9.48 Å². The van der Waals surface area contributed by atoms with Crippen LogP contribution in [0.4, 0.5) is 0 Å². The molecule has 0 fully saturated rings. The van der Waals surface area contributed by atoms with E-state index in [1.54, 1.807) is 10.9 Å². The number of nitrogens with one attached hydrogen (secondary N) is 1. The Hall–Kier alpha value is -2.63. The van der Waals surface area contributed by atoms with Crippen LogP contribution in [0.2, 0.25) is 0 Å². The van der Waals surface area contributed by atoms with Crippen molar-refractivity contribution in [2.75, 3.05) is 0 Å². The number of furan rings is 1. The predicted octanol–water partition coefficient (Wildman–Crippen LogP) is 2.93. The summed E-state index contributed by atoms with van der Waals surface area (Å²) < 4.78 is 7.05. The molecule has 24 heavy (non-hydrogen) atoms. The molecule has 126 valence electrons. The van der Waals surface area contributed by atoms with Gasteiger partial charge < -0.3 is 9.73 Å². The van der Waals surface area contributed by atoms with Gasteiger partial charge in [0.2, 0.25) is 0 Å². The molecule has 0 bridgehead atoms. The standard InChI is InChI=1S/C18H22N4O2/c1-11(7-8-14-6-5-9-24-14)20-18(23)15-10-12(2)19-17-16(15)13(3)21-22(17)4/h5-6,9-11H,7-8H2,1-4H3,(H,20,23)/t11-/m1/s1. The van der Waals surface area contributed by atoms with Gasteiger partial charge in [0.1, 0.15) is 5.76 Å². The first kappa shape index (κ1) is 16.2. The van der Waals surface area contributed by atoms with Gasteiger partial charge in [0, 0.05) is 25.2 Å². The second-order valence-corrected chi connectivity index (χ2v) is 6.21. The third-order valence-corrected chi connectivity index (χ3v) is 4.12. The fourth-order valence-corrected chi connectivity index (χ4v) is 2.94. The number of nitrogens with zero attached hydrogens (tertiary/aromatic N) is 3. The lowest BCUT2D eigenvalue weighted by Gasteiger charge is -2.14. The molecule has 1 amide bonds. The summed E-state index contributed by atoms with van der Waals surface area (Å²) in [6, 6.07) is 5.69. The van der Waals surface area contributed by atoms with E-state index in [4.69, 9.17) is 4.42 Å². The molecule has 0 saturated heterocycles. The Morgan fingerprint density at radius 2 is 2.21 bits per heavy atom. The van der Waals surface area contributed by atoms with Gasteiger partial charge in [-0.1, -0.05) is 0 Å². The quantitative estimate of drug-likeness (QED) is 0.782. The summed E-state index contributed by atoms with van der Waals surface area (Å²) in [5.74, 6) is 0.842. The van der Waals surface area contributed by atoms with E-state index >= 15 is 0 Å². The number of rotatable bonds is 5. The maximum Gasteiger partial charge on any atom is 0.252 e. The molecular weight excluding hydrogens is 304 g/mol. The van der Waals surface area contributed by atoms with E-state index in [-0.39, 0.29) is 11.9 Å². The Bertz CT molecular complexity index is 865. The average molecular weight is 326 g/mol. The van der Waals surface area contributed by atoms with Crippen molar-refractivity contribution in [2.45, 2.75) is 39.7 Å². The largest absolute Gasteiger partial charge is 0.469 e. The van der Waals surface area contributed by atoms with E-state index in [9.17, 15) is 4.79 Å². The van der Waals surface area contributed by atoms with Gasteiger partial charge in [0.25, 0.3) is 5.91 Å². The SMILES string of the molecule is Cc1cc(C(=O)N[C@H](C)CCc2ccco2)c2c(C)nn(C)c2n1. The van der Waals surface area contributed by atoms with Gasteiger partial charge in [0.05, 0.1) is 22.9 Å². The molecule has 0 aromatic carbocycles.